The number of hydrazine groups is 1. The molecular formula is C16H29N3O4. The highest BCUT2D eigenvalue weighted by molar-refractivity contribution is 4.93. The van der Waals surface area contributed by atoms with Gasteiger partial charge in [-0.25, -0.2) is 10.4 Å². The second kappa shape index (κ2) is 9.55. The fraction of sp³-hybridized carbons (Fsp3) is 0.875. The Balaban J connectivity index is 2.04. The van der Waals surface area contributed by atoms with E-state index in [-0.39, 0.29) is 24.4 Å². The molecule has 1 aliphatic heterocycles. The SMILES string of the molecule is C#CCOC(CN1CNCN1)C1CC(OC)C(OC)C(OC)C1. The number of methoxy groups -OCH3 is 3. The molecule has 1 saturated carbocycles. The van der Waals surface area contributed by atoms with Crippen LogP contribution in [-0.4, -0.2) is 77.2 Å². The lowest BCUT2D eigenvalue weighted by Gasteiger charge is -2.42. The molecule has 2 N–H and O–H groups in total. The van der Waals surface area contributed by atoms with Gasteiger partial charge in [-0.05, 0) is 18.8 Å². The first-order valence-electron chi connectivity index (χ1n) is 8.06. The van der Waals surface area contributed by atoms with Crippen molar-refractivity contribution in [2.75, 3.05) is 47.8 Å². The van der Waals surface area contributed by atoms with Crippen molar-refractivity contribution < 1.29 is 18.9 Å². The van der Waals surface area contributed by atoms with E-state index < -0.39 is 0 Å². The second-order valence-electron chi connectivity index (χ2n) is 6.00. The maximum Gasteiger partial charge on any atom is 0.109 e. The van der Waals surface area contributed by atoms with Gasteiger partial charge in [0.05, 0.1) is 31.6 Å². The first kappa shape index (κ1) is 18.6. The lowest BCUT2D eigenvalue weighted by Crippen LogP contribution is -2.52. The molecule has 1 saturated heterocycles. The van der Waals surface area contributed by atoms with Gasteiger partial charge in [0.25, 0.3) is 0 Å². The fourth-order valence-electron chi connectivity index (χ4n) is 3.52. The maximum absolute atomic E-state index is 5.95. The Morgan fingerprint density at radius 3 is 2.35 bits per heavy atom. The van der Waals surface area contributed by atoms with Gasteiger partial charge in [-0.15, -0.1) is 6.42 Å². The van der Waals surface area contributed by atoms with E-state index in [4.69, 9.17) is 25.4 Å². The Morgan fingerprint density at radius 2 is 1.87 bits per heavy atom. The third kappa shape index (κ3) is 4.88. The molecule has 1 aliphatic carbocycles. The number of hydrogen-bond donors (Lipinski definition) is 2. The van der Waals surface area contributed by atoms with Crippen molar-refractivity contribution >= 4 is 0 Å². The minimum absolute atomic E-state index is 0.00898. The van der Waals surface area contributed by atoms with Crippen LogP contribution in [0.5, 0.6) is 0 Å². The Morgan fingerprint density at radius 1 is 1.17 bits per heavy atom. The summed E-state index contributed by atoms with van der Waals surface area (Å²) < 4.78 is 22.8. The summed E-state index contributed by atoms with van der Waals surface area (Å²) in [6, 6.07) is 0. The predicted octanol–water partition coefficient (Wildman–Crippen LogP) is -0.215. The molecule has 0 aromatic heterocycles. The van der Waals surface area contributed by atoms with E-state index in [2.05, 4.69) is 21.7 Å². The van der Waals surface area contributed by atoms with E-state index in [1.54, 1.807) is 21.3 Å². The van der Waals surface area contributed by atoms with E-state index in [1.165, 1.54) is 0 Å². The third-order valence-corrected chi connectivity index (χ3v) is 4.72. The van der Waals surface area contributed by atoms with Gasteiger partial charge in [0.15, 0.2) is 0 Å². The minimum atomic E-state index is -0.0545. The van der Waals surface area contributed by atoms with E-state index in [0.29, 0.717) is 12.5 Å². The second-order valence-corrected chi connectivity index (χ2v) is 6.00. The molecular weight excluding hydrogens is 298 g/mol. The number of terminal acetylenes is 1. The van der Waals surface area contributed by atoms with Crippen LogP contribution in [-0.2, 0) is 18.9 Å². The van der Waals surface area contributed by atoms with E-state index in [9.17, 15) is 0 Å². The summed E-state index contributed by atoms with van der Waals surface area (Å²) in [7, 11) is 5.14. The van der Waals surface area contributed by atoms with Crippen molar-refractivity contribution in [2.24, 2.45) is 5.92 Å². The average molecular weight is 327 g/mol. The molecule has 2 aliphatic rings. The van der Waals surface area contributed by atoms with Gasteiger partial charge in [0, 0.05) is 27.9 Å². The highest BCUT2D eigenvalue weighted by Crippen LogP contribution is 2.33. The van der Waals surface area contributed by atoms with Gasteiger partial charge in [0.1, 0.15) is 12.7 Å². The molecule has 1 heterocycles. The minimum Gasteiger partial charge on any atom is -0.379 e. The quantitative estimate of drug-likeness (QED) is 0.598. The van der Waals surface area contributed by atoms with Crippen LogP contribution < -0.4 is 10.7 Å². The van der Waals surface area contributed by atoms with Crippen LogP contribution in [0.25, 0.3) is 0 Å². The molecule has 0 bridgehead atoms. The Labute approximate surface area is 138 Å². The van der Waals surface area contributed by atoms with Crippen LogP contribution >= 0.6 is 0 Å². The summed E-state index contributed by atoms with van der Waals surface area (Å²) in [5.74, 6) is 2.87. The topological polar surface area (TPSA) is 64.2 Å². The Hall–Kier alpha value is -0.720. The number of rotatable bonds is 8. The third-order valence-electron chi connectivity index (χ3n) is 4.72. The van der Waals surface area contributed by atoms with Gasteiger partial charge in [-0.3, -0.25) is 5.32 Å². The summed E-state index contributed by atoms with van der Waals surface area (Å²) in [6.45, 7) is 2.65. The summed E-state index contributed by atoms with van der Waals surface area (Å²) >= 11 is 0. The first-order chi connectivity index (χ1) is 11.2. The molecule has 0 amide bonds. The number of hydrogen-bond acceptors (Lipinski definition) is 7. The molecule has 132 valence electrons. The van der Waals surface area contributed by atoms with Crippen molar-refractivity contribution in [3.05, 3.63) is 0 Å². The van der Waals surface area contributed by atoms with Crippen molar-refractivity contribution in [1.29, 1.82) is 0 Å². The van der Waals surface area contributed by atoms with Crippen molar-refractivity contribution in [3.8, 4) is 12.3 Å². The average Bonchev–Trinajstić information content (AvgIpc) is 3.10. The Kier molecular flexibility index (Phi) is 7.73. The summed E-state index contributed by atoms with van der Waals surface area (Å²) in [5, 5.41) is 5.36. The highest BCUT2D eigenvalue weighted by atomic mass is 16.6. The molecule has 0 radical (unpaired) electrons. The van der Waals surface area contributed by atoms with Crippen molar-refractivity contribution in [2.45, 2.75) is 37.3 Å². The predicted molar refractivity (Wildman–Crippen MR) is 86.4 cm³/mol. The Bertz CT molecular complexity index is 370. The van der Waals surface area contributed by atoms with Gasteiger partial charge in [0.2, 0.25) is 0 Å². The molecule has 7 nitrogen and oxygen atoms in total. The van der Waals surface area contributed by atoms with Crippen LogP contribution in [0.1, 0.15) is 12.8 Å². The van der Waals surface area contributed by atoms with Crippen molar-refractivity contribution in [3.63, 3.8) is 0 Å². The van der Waals surface area contributed by atoms with Crippen LogP contribution in [0.3, 0.4) is 0 Å². The van der Waals surface area contributed by atoms with Gasteiger partial charge >= 0.3 is 0 Å². The molecule has 0 aromatic carbocycles. The van der Waals surface area contributed by atoms with E-state index >= 15 is 0 Å². The van der Waals surface area contributed by atoms with Crippen LogP contribution in [0.15, 0.2) is 0 Å². The zero-order valence-electron chi connectivity index (χ0n) is 14.3. The molecule has 3 atom stereocenters. The number of nitrogens with zero attached hydrogens (tertiary/aromatic N) is 1. The summed E-state index contributed by atoms with van der Waals surface area (Å²) in [4.78, 5) is 0. The largest absolute Gasteiger partial charge is 0.379 e. The lowest BCUT2D eigenvalue weighted by atomic mass is 9.79. The summed E-state index contributed by atoms with van der Waals surface area (Å²) in [6.07, 6.45) is 7.06. The van der Waals surface area contributed by atoms with Crippen LogP contribution in [0.4, 0.5) is 0 Å². The summed E-state index contributed by atoms with van der Waals surface area (Å²) in [5.41, 5.74) is 3.28. The zero-order valence-corrected chi connectivity index (χ0v) is 14.3. The zero-order chi connectivity index (χ0) is 16.7. The molecule has 7 heteroatoms. The van der Waals surface area contributed by atoms with Crippen LogP contribution in [0.2, 0.25) is 0 Å². The van der Waals surface area contributed by atoms with Crippen LogP contribution in [0, 0.1) is 18.3 Å². The first-order valence-corrected chi connectivity index (χ1v) is 8.06. The standard InChI is InChI=1S/C16H29N3O4/c1-5-6-23-15(9-19-11-17-10-18-19)12-7-13(20-2)16(22-4)14(8-12)21-3/h1,12-18H,6-11H2,2-4H3. The fourth-order valence-corrected chi connectivity index (χ4v) is 3.52. The van der Waals surface area contributed by atoms with E-state index in [1.807, 2.05) is 0 Å². The van der Waals surface area contributed by atoms with Gasteiger partial charge < -0.3 is 18.9 Å². The smallest absolute Gasteiger partial charge is 0.109 e. The normalized spacial score (nSPS) is 33.5. The highest BCUT2D eigenvalue weighted by Gasteiger charge is 2.42. The number of nitrogens with one attached hydrogen (secondary N) is 2. The molecule has 23 heavy (non-hydrogen) atoms. The number of ether oxygens (including phenoxy) is 4. The van der Waals surface area contributed by atoms with Gasteiger partial charge in [-0.1, -0.05) is 5.92 Å². The maximum atomic E-state index is 5.95. The molecule has 0 spiro atoms. The molecule has 2 fully saturated rings. The van der Waals surface area contributed by atoms with Crippen molar-refractivity contribution in [1.82, 2.24) is 15.8 Å². The molecule has 3 unspecified atom stereocenters. The molecule has 2 rings (SSSR count). The van der Waals surface area contributed by atoms with Gasteiger partial charge in [-0.2, -0.15) is 0 Å². The lowest BCUT2D eigenvalue weighted by molar-refractivity contribution is -0.156. The van der Waals surface area contributed by atoms with E-state index in [0.717, 1.165) is 32.7 Å². The molecule has 0 aromatic rings. The monoisotopic (exact) mass is 327 g/mol.